The molecule has 1 aromatic carbocycles. The largest absolute Gasteiger partial charge is 0.361 e. The van der Waals surface area contributed by atoms with Gasteiger partial charge in [-0.3, -0.25) is 19.2 Å². The highest BCUT2D eigenvalue weighted by atomic mass is 16.2. The van der Waals surface area contributed by atoms with Gasteiger partial charge in [-0.2, -0.15) is 0 Å². The van der Waals surface area contributed by atoms with Crippen molar-refractivity contribution in [2.75, 3.05) is 0 Å². The quantitative estimate of drug-likeness (QED) is 0.623. The number of nitrogens with one attached hydrogen (secondary N) is 1. The molecule has 5 heteroatoms. The molecule has 0 aliphatic heterocycles. The molecule has 0 radical (unpaired) electrons. The molecule has 100 valence electrons. The van der Waals surface area contributed by atoms with E-state index in [4.69, 9.17) is 0 Å². The number of ketones is 4. The highest BCUT2D eigenvalue weighted by Gasteiger charge is 2.43. The number of aromatic nitrogens is 1. The van der Waals surface area contributed by atoms with E-state index >= 15 is 0 Å². The Morgan fingerprint density at radius 2 is 1.70 bits per heavy atom. The van der Waals surface area contributed by atoms with Crippen LogP contribution in [0.25, 0.3) is 10.9 Å². The van der Waals surface area contributed by atoms with Gasteiger partial charge in [-0.1, -0.05) is 11.6 Å². The van der Waals surface area contributed by atoms with Crippen LogP contribution in [0.3, 0.4) is 0 Å². The fourth-order valence-electron chi connectivity index (χ4n) is 2.54. The highest BCUT2D eigenvalue weighted by Crippen LogP contribution is 2.30. The summed E-state index contributed by atoms with van der Waals surface area (Å²) in [7, 11) is 0. The molecule has 1 aliphatic rings. The van der Waals surface area contributed by atoms with Gasteiger partial charge >= 0.3 is 0 Å². The van der Waals surface area contributed by atoms with Gasteiger partial charge in [-0.15, -0.1) is 0 Å². The minimum Gasteiger partial charge on any atom is -0.361 e. The minimum absolute atomic E-state index is 0.403. The molecule has 1 fully saturated rings. The average Bonchev–Trinajstić information content (AvgIpc) is 2.80. The molecule has 1 aromatic heterocycles. The number of rotatable bonds is 1. The molecule has 0 bridgehead atoms. The fourth-order valence-corrected chi connectivity index (χ4v) is 2.54. The zero-order valence-electron chi connectivity index (χ0n) is 10.7. The Labute approximate surface area is 114 Å². The number of hydrogen-bond donors (Lipinski definition) is 1. The van der Waals surface area contributed by atoms with Gasteiger partial charge in [-0.25, -0.2) is 0 Å². The van der Waals surface area contributed by atoms with Crippen molar-refractivity contribution in [2.45, 2.75) is 19.3 Å². The molecule has 0 saturated heterocycles. The monoisotopic (exact) mass is 269 g/mol. The SMILES string of the molecule is Cc1ccc2[nH]cc(C3C(=O)C(=O)CC(=O)C3=O)c2c1. The Kier molecular flexibility index (Phi) is 2.64. The maximum absolute atomic E-state index is 12.0. The fraction of sp³-hybridized carbons (Fsp3) is 0.200. The number of aromatic amines is 1. The lowest BCUT2D eigenvalue weighted by molar-refractivity contribution is -0.149. The third-order valence-electron chi connectivity index (χ3n) is 3.58. The summed E-state index contributed by atoms with van der Waals surface area (Å²) in [6, 6.07) is 5.55. The Balaban J connectivity index is 2.20. The molecule has 3 rings (SSSR count). The van der Waals surface area contributed by atoms with Crippen molar-refractivity contribution >= 4 is 34.0 Å². The lowest BCUT2D eigenvalue weighted by atomic mass is 9.80. The molecule has 0 spiro atoms. The van der Waals surface area contributed by atoms with Crippen LogP contribution in [-0.2, 0) is 19.2 Å². The van der Waals surface area contributed by atoms with Gasteiger partial charge in [0.05, 0.1) is 6.42 Å². The van der Waals surface area contributed by atoms with Gasteiger partial charge in [0.25, 0.3) is 0 Å². The van der Waals surface area contributed by atoms with Crippen molar-refractivity contribution in [3.05, 3.63) is 35.5 Å². The molecule has 0 amide bonds. The number of hydrogen-bond acceptors (Lipinski definition) is 4. The number of carbonyl (C=O) groups excluding carboxylic acids is 4. The van der Waals surface area contributed by atoms with Gasteiger partial charge in [0.15, 0.2) is 0 Å². The van der Waals surface area contributed by atoms with Gasteiger partial charge in [0, 0.05) is 17.1 Å². The Morgan fingerprint density at radius 3 is 2.35 bits per heavy atom. The predicted molar refractivity (Wildman–Crippen MR) is 70.4 cm³/mol. The molecule has 0 unspecified atom stereocenters. The molecular weight excluding hydrogens is 258 g/mol. The maximum Gasteiger partial charge on any atom is 0.214 e. The summed E-state index contributed by atoms with van der Waals surface area (Å²) in [5.74, 6) is -4.46. The van der Waals surface area contributed by atoms with E-state index in [0.717, 1.165) is 11.1 Å². The molecule has 1 N–H and O–H groups in total. The molecule has 20 heavy (non-hydrogen) atoms. The first-order chi connectivity index (χ1) is 9.49. The number of benzene rings is 1. The van der Waals surface area contributed by atoms with E-state index in [0.29, 0.717) is 10.9 Å². The van der Waals surface area contributed by atoms with Gasteiger partial charge in [-0.05, 0) is 24.6 Å². The van der Waals surface area contributed by atoms with Gasteiger partial charge in [0.2, 0.25) is 23.1 Å². The summed E-state index contributed by atoms with van der Waals surface area (Å²) in [5.41, 5.74) is 2.13. The Bertz CT molecular complexity index is 758. The second-order valence-corrected chi connectivity index (χ2v) is 4.98. The first-order valence-electron chi connectivity index (χ1n) is 6.21. The number of Topliss-reactive ketones (excluding diaryl/α,β-unsaturated/α-hetero) is 4. The number of aryl methyl sites for hydroxylation is 1. The van der Waals surface area contributed by atoms with Crippen LogP contribution in [0.2, 0.25) is 0 Å². The summed E-state index contributed by atoms with van der Waals surface area (Å²) in [4.78, 5) is 50.0. The van der Waals surface area contributed by atoms with Crippen molar-refractivity contribution in [3.8, 4) is 0 Å². The molecule has 1 aliphatic carbocycles. The van der Waals surface area contributed by atoms with Crippen LogP contribution < -0.4 is 0 Å². The second kappa shape index (κ2) is 4.23. The maximum atomic E-state index is 12.0. The number of H-pyrrole nitrogens is 1. The zero-order valence-corrected chi connectivity index (χ0v) is 10.7. The van der Waals surface area contributed by atoms with Crippen molar-refractivity contribution in [3.63, 3.8) is 0 Å². The highest BCUT2D eigenvalue weighted by molar-refractivity contribution is 6.61. The topological polar surface area (TPSA) is 84.1 Å². The number of carbonyl (C=O) groups is 4. The van der Waals surface area contributed by atoms with E-state index in [-0.39, 0.29) is 0 Å². The van der Waals surface area contributed by atoms with Crippen LogP contribution in [0, 0.1) is 6.92 Å². The lowest BCUT2D eigenvalue weighted by Crippen LogP contribution is -2.40. The van der Waals surface area contributed by atoms with Crippen LogP contribution in [0.1, 0.15) is 23.5 Å². The summed E-state index contributed by atoms with van der Waals surface area (Å²) in [5, 5.41) is 0.694. The average molecular weight is 269 g/mol. The van der Waals surface area contributed by atoms with E-state index in [1.165, 1.54) is 6.20 Å². The molecule has 0 atom stereocenters. The third-order valence-corrected chi connectivity index (χ3v) is 3.58. The van der Waals surface area contributed by atoms with E-state index < -0.39 is 35.5 Å². The van der Waals surface area contributed by atoms with Crippen LogP contribution in [0.15, 0.2) is 24.4 Å². The van der Waals surface area contributed by atoms with E-state index in [1.807, 2.05) is 25.1 Å². The Hall–Kier alpha value is -2.56. The second-order valence-electron chi connectivity index (χ2n) is 4.98. The predicted octanol–water partition coefficient (Wildman–Crippen LogP) is 1.24. The summed E-state index contributed by atoms with van der Waals surface area (Å²) in [6.45, 7) is 1.89. The molecule has 5 nitrogen and oxygen atoms in total. The minimum atomic E-state index is -1.29. The first kappa shape index (κ1) is 12.5. The molecule has 1 saturated carbocycles. The summed E-state index contributed by atoms with van der Waals surface area (Å²) >= 11 is 0. The summed E-state index contributed by atoms with van der Waals surface area (Å²) < 4.78 is 0. The lowest BCUT2D eigenvalue weighted by Gasteiger charge is -2.17. The first-order valence-corrected chi connectivity index (χ1v) is 6.21. The van der Waals surface area contributed by atoms with Gasteiger partial charge < -0.3 is 4.98 Å². The van der Waals surface area contributed by atoms with E-state index in [2.05, 4.69) is 4.98 Å². The third kappa shape index (κ3) is 1.71. The van der Waals surface area contributed by atoms with Crippen LogP contribution in [0.4, 0.5) is 0 Å². The zero-order chi connectivity index (χ0) is 14.4. The van der Waals surface area contributed by atoms with E-state index in [9.17, 15) is 19.2 Å². The van der Waals surface area contributed by atoms with Crippen molar-refractivity contribution in [2.24, 2.45) is 0 Å². The summed E-state index contributed by atoms with van der Waals surface area (Å²) in [6.07, 6.45) is 0.923. The van der Waals surface area contributed by atoms with Crippen LogP contribution in [0.5, 0.6) is 0 Å². The van der Waals surface area contributed by atoms with Crippen molar-refractivity contribution in [1.29, 1.82) is 0 Å². The van der Waals surface area contributed by atoms with Crippen LogP contribution >= 0.6 is 0 Å². The standard InChI is InChI=1S/C15H11NO4/c1-7-2-3-10-8(4-7)9(6-16-10)13-14(19)11(17)5-12(18)15(13)20/h2-4,6,13,16H,5H2,1H3. The smallest absolute Gasteiger partial charge is 0.214 e. The van der Waals surface area contributed by atoms with Gasteiger partial charge in [0.1, 0.15) is 5.92 Å². The molecule has 1 heterocycles. The van der Waals surface area contributed by atoms with Crippen molar-refractivity contribution < 1.29 is 19.2 Å². The van der Waals surface area contributed by atoms with Crippen LogP contribution in [-0.4, -0.2) is 28.1 Å². The molecular formula is C15H11NO4. The Morgan fingerprint density at radius 1 is 1.05 bits per heavy atom. The number of fused-ring (bicyclic) bond motifs is 1. The van der Waals surface area contributed by atoms with E-state index in [1.54, 1.807) is 0 Å². The van der Waals surface area contributed by atoms with Crippen molar-refractivity contribution in [1.82, 2.24) is 4.98 Å². The molecule has 2 aromatic rings. The normalized spacial score (nSPS) is 17.2.